The van der Waals surface area contributed by atoms with E-state index in [1.165, 1.54) is 6.07 Å². The van der Waals surface area contributed by atoms with Gasteiger partial charge in [-0.1, -0.05) is 6.92 Å². The number of aliphatic hydroxyl groups excluding tert-OH is 1. The van der Waals surface area contributed by atoms with Crippen molar-refractivity contribution < 1.29 is 14.9 Å². The fourth-order valence-electron chi connectivity index (χ4n) is 1.24. The van der Waals surface area contributed by atoms with Crippen LogP contribution in [0.3, 0.4) is 0 Å². The summed E-state index contributed by atoms with van der Waals surface area (Å²) in [4.78, 5) is 0. The highest BCUT2D eigenvalue weighted by Gasteiger charge is 2.10. The number of aromatic hydroxyl groups is 1. The zero-order valence-electron chi connectivity index (χ0n) is 8.81. The molecule has 0 bridgehead atoms. The van der Waals surface area contributed by atoms with Gasteiger partial charge in [0.2, 0.25) is 0 Å². The Morgan fingerprint density at radius 1 is 1.47 bits per heavy atom. The fraction of sp³-hybridized carbons (Fsp3) is 0.455. The van der Waals surface area contributed by atoms with E-state index in [0.717, 1.165) is 6.42 Å². The Balaban J connectivity index is 2.78. The molecule has 0 amide bonds. The van der Waals surface area contributed by atoms with Crippen molar-refractivity contribution >= 4 is 0 Å². The van der Waals surface area contributed by atoms with Gasteiger partial charge >= 0.3 is 0 Å². The molecule has 0 aliphatic rings. The van der Waals surface area contributed by atoms with Crippen LogP contribution in [0.15, 0.2) is 18.2 Å². The topological polar surface area (TPSA) is 75.7 Å². The predicted octanol–water partition coefficient (Wildman–Crippen LogP) is 1.17. The van der Waals surface area contributed by atoms with Crippen molar-refractivity contribution in [2.45, 2.75) is 19.4 Å². The molecule has 0 heterocycles. The van der Waals surface area contributed by atoms with E-state index >= 15 is 0 Å². The number of hydrogen-bond donors (Lipinski definition) is 3. The van der Waals surface area contributed by atoms with Crippen LogP contribution < -0.4 is 10.5 Å². The Bertz CT molecular complexity index is 315. The van der Waals surface area contributed by atoms with E-state index in [2.05, 4.69) is 0 Å². The molecule has 0 spiro atoms. The van der Waals surface area contributed by atoms with Gasteiger partial charge in [0.05, 0.1) is 12.7 Å². The summed E-state index contributed by atoms with van der Waals surface area (Å²) in [5, 5.41) is 19.0. The minimum Gasteiger partial charge on any atom is -0.507 e. The molecule has 0 saturated carbocycles. The first-order valence-corrected chi connectivity index (χ1v) is 5.02. The van der Waals surface area contributed by atoms with Crippen LogP contribution in [0.25, 0.3) is 0 Å². The van der Waals surface area contributed by atoms with Gasteiger partial charge < -0.3 is 20.7 Å². The molecule has 15 heavy (non-hydrogen) atoms. The highest BCUT2D eigenvalue weighted by molar-refractivity contribution is 5.41. The summed E-state index contributed by atoms with van der Waals surface area (Å²) in [5.74, 6) is 0.615. The summed E-state index contributed by atoms with van der Waals surface area (Å²) >= 11 is 0. The lowest BCUT2D eigenvalue weighted by atomic mass is 10.1. The Morgan fingerprint density at radius 3 is 2.73 bits per heavy atom. The van der Waals surface area contributed by atoms with Gasteiger partial charge in [-0.25, -0.2) is 0 Å². The van der Waals surface area contributed by atoms with Gasteiger partial charge in [0.1, 0.15) is 11.5 Å². The van der Waals surface area contributed by atoms with Crippen molar-refractivity contribution in [1.82, 2.24) is 0 Å². The quantitative estimate of drug-likeness (QED) is 0.683. The number of hydrogen-bond acceptors (Lipinski definition) is 4. The number of rotatable bonds is 5. The van der Waals surface area contributed by atoms with Gasteiger partial charge in [-0.05, 0) is 18.6 Å². The molecule has 0 fully saturated rings. The Labute approximate surface area is 89.3 Å². The van der Waals surface area contributed by atoms with Gasteiger partial charge in [-0.15, -0.1) is 0 Å². The molecule has 1 aromatic carbocycles. The number of ether oxygens (including phenoxy) is 1. The van der Waals surface area contributed by atoms with Crippen LogP contribution in [0.5, 0.6) is 11.5 Å². The summed E-state index contributed by atoms with van der Waals surface area (Å²) in [7, 11) is 0. The van der Waals surface area contributed by atoms with Gasteiger partial charge in [-0.2, -0.15) is 0 Å². The number of phenolic OH excluding ortho intramolecular Hbond substituents is 1. The molecule has 1 atom stereocenters. The molecule has 0 radical (unpaired) electrons. The zero-order valence-corrected chi connectivity index (χ0v) is 8.81. The van der Waals surface area contributed by atoms with Crippen LogP contribution in [0.2, 0.25) is 0 Å². The van der Waals surface area contributed by atoms with Crippen LogP contribution >= 0.6 is 0 Å². The van der Waals surface area contributed by atoms with Crippen LogP contribution in [0, 0.1) is 0 Å². The average Bonchev–Trinajstić information content (AvgIpc) is 2.25. The lowest BCUT2D eigenvalue weighted by molar-refractivity contribution is 0.182. The zero-order chi connectivity index (χ0) is 11.3. The van der Waals surface area contributed by atoms with E-state index in [1.807, 2.05) is 6.92 Å². The normalized spacial score (nSPS) is 12.5. The molecule has 84 valence electrons. The number of benzene rings is 1. The maximum atomic E-state index is 9.60. The lowest BCUT2D eigenvalue weighted by Crippen LogP contribution is -2.11. The molecule has 1 unspecified atom stereocenters. The second kappa shape index (κ2) is 5.58. The van der Waals surface area contributed by atoms with Crippen LogP contribution in [-0.2, 0) is 0 Å². The molecule has 0 aliphatic heterocycles. The van der Waals surface area contributed by atoms with Gasteiger partial charge in [0, 0.05) is 18.2 Å². The third-order valence-corrected chi connectivity index (χ3v) is 2.06. The highest BCUT2D eigenvalue weighted by Crippen LogP contribution is 2.28. The lowest BCUT2D eigenvalue weighted by Gasteiger charge is -2.12. The van der Waals surface area contributed by atoms with Gasteiger partial charge in [0.25, 0.3) is 0 Å². The summed E-state index contributed by atoms with van der Waals surface area (Å²) in [6, 6.07) is 4.82. The van der Waals surface area contributed by atoms with Gasteiger partial charge in [-0.3, -0.25) is 0 Å². The number of nitrogens with two attached hydrogens (primary N) is 1. The Kier molecular flexibility index (Phi) is 4.39. The summed E-state index contributed by atoms with van der Waals surface area (Å²) in [6.45, 7) is 2.70. The second-order valence-corrected chi connectivity index (χ2v) is 3.32. The van der Waals surface area contributed by atoms with E-state index in [-0.39, 0.29) is 12.3 Å². The molecular formula is C11H17NO3. The van der Waals surface area contributed by atoms with Crippen LogP contribution in [-0.4, -0.2) is 23.4 Å². The largest absolute Gasteiger partial charge is 0.507 e. The standard InChI is InChI=1S/C11H17NO3/c1-2-5-15-8-3-4-9(10(13)6-8)11(14)7-12/h3-4,6,11,13-14H,2,5,7,12H2,1H3. The van der Waals surface area contributed by atoms with E-state index in [4.69, 9.17) is 10.5 Å². The first kappa shape index (κ1) is 11.8. The first-order valence-electron chi connectivity index (χ1n) is 5.02. The van der Waals surface area contributed by atoms with E-state index in [0.29, 0.717) is 17.9 Å². The van der Waals surface area contributed by atoms with Crippen molar-refractivity contribution in [1.29, 1.82) is 0 Å². The fourth-order valence-corrected chi connectivity index (χ4v) is 1.24. The third kappa shape index (κ3) is 3.11. The van der Waals surface area contributed by atoms with Crippen molar-refractivity contribution in [2.75, 3.05) is 13.2 Å². The summed E-state index contributed by atoms with van der Waals surface area (Å²) in [5.41, 5.74) is 5.73. The van der Waals surface area contributed by atoms with Crippen molar-refractivity contribution in [2.24, 2.45) is 5.73 Å². The minimum atomic E-state index is -0.828. The maximum absolute atomic E-state index is 9.60. The minimum absolute atomic E-state index is 0.0153. The van der Waals surface area contributed by atoms with Crippen molar-refractivity contribution in [3.05, 3.63) is 23.8 Å². The van der Waals surface area contributed by atoms with Crippen molar-refractivity contribution in [3.8, 4) is 11.5 Å². The van der Waals surface area contributed by atoms with E-state index < -0.39 is 6.10 Å². The maximum Gasteiger partial charge on any atom is 0.125 e. The third-order valence-electron chi connectivity index (χ3n) is 2.06. The van der Waals surface area contributed by atoms with Crippen LogP contribution in [0.4, 0.5) is 0 Å². The van der Waals surface area contributed by atoms with E-state index in [9.17, 15) is 10.2 Å². The predicted molar refractivity (Wildman–Crippen MR) is 57.9 cm³/mol. The molecular weight excluding hydrogens is 194 g/mol. The van der Waals surface area contributed by atoms with E-state index in [1.54, 1.807) is 12.1 Å². The Morgan fingerprint density at radius 2 is 2.20 bits per heavy atom. The number of phenols is 1. The van der Waals surface area contributed by atoms with Crippen LogP contribution in [0.1, 0.15) is 25.0 Å². The summed E-state index contributed by atoms with van der Waals surface area (Å²) < 4.78 is 5.33. The first-order chi connectivity index (χ1) is 7.19. The monoisotopic (exact) mass is 211 g/mol. The molecule has 4 N–H and O–H groups in total. The molecule has 4 heteroatoms. The second-order valence-electron chi connectivity index (χ2n) is 3.32. The highest BCUT2D eigenvalue weighted by atomic mass is 16.5. The molecule has 0 saturated heterocycles. The molecule has 1 rings (SSSR count). The number of aliphatic hydroxyl groups is 1. The Hall–Kier alpha value is -1.26. The molecule has 0 aliphatic carbocycles. The molecule has 1 aromatic rings. The summed E-state index contributed by atoms with van der Waals surface area (Å²) in [6.07, 6.45) is 0.0822. The molecule has 0 aromatic heterocycles. The van der Waals surface area contributed by atoms with Gasteiger partial charge in [0.15, 0.2) is 0 Å². The van der Waals surface area contributed by atoms with Crippen molar-refractivity contribution in [3.63, 3.8) is 0 Å². The molecule has 4 nitrogen and oxygen atoms in total. The smallest absolute Gasteiger partial charge is 0.125 e. The SMILES string of the molecule is CCCOc1ccc(C(O)CN)c(O)c1. The average molecular weight is 211 g/mol.